The van der Waals surface area contributed by atoms with Gasteiger partial charge >= 0.3 is 0 Å². The molecule has 0 saturated carbocycles. The molecular formula is C38H47N3O3. The second-order valence-electron chi connectivity index (χ2n) is 14.2. The Morgan fingerprint density at radius 1 is 0.841 bits per heavy atom. The monoisotopic (exact) mass is 593 g/mol. The lowest BCUT2D eigenvalue weighted by molar-refractivity contribution is -0.135. The van der Waals surface area contributed by atoms with Gasteiger partial charge in [0.05, 0.1) is 5.41 Å². The molecule has 1 aliphatic rings. The lowest BCUT2D eigenvalue weighted by Gasteiger charge is -2.34. The van der Waals surface area contributed by atoms with Crippen LogP contribution in [-0.4, -0.2) is 29.8 Å². The highest BCUT2D eigenvalue weighted by Gasteiger charge is 2.37. The quantitative estimate of drug-likeness (QED) is 0.240. The Morgan fingerprint density at radius 2 is 1.48 bits per heavy atom. The molecule has 3 aromatic carbocycles. The lowest BCUT2D eigenvalue weighted by atomic mass is 9.75. The van der Waals surface area contributed by atoms with Crippen LogP contribution in [0.25, 0.3) is 11.1 Å². The number of benzene rings is 3. The Morgan fingerprint density at radius 3 is 2.07 bits per heavy atom. The summed E-state index contributed by atoms with van der Waals surface area (Å²) in [6.45, 7) is 14.7. The van der Waals surface area contributed by atoms with Gasteiger partial charge in [-0.3, -0.25) is 14.4 Å². The van der Waals surface area contributed by atoms with Crippen molar-refractivity contribution in [2.24, 2.45) is 5.41 Å². The second-order valence-corrected chi connectivity index (χ2v) is 14.2. The number of carbonyl (C=O) groups excluding carboxylic acids is 3. The number of carbonyl (C=O) groups is 3. The van der Waals surface area contributed by atoms with Gasteiger partial charge in [-0.1, -0.05) is 112 Å². The van der Waals surface area contributed by atoms with E-state index >= 15 is 0 Å². The third-order valence-electron chi connectivity index (χ3n) is 8.27. The van der Waals surface area contributed by atoms with E-state index in [4.69, 9.17) is 0 Å². The topological polar surface area (TPSA) is 87.3 Å². The molecule has 0 bridgehead atoms. The zero-order valence-electron chi connectivity index (χ0n) is 27.2. The third kappa shape index (κ3) is 8.25. The standard InChI is InChI=1S/C38H47N3O3/c1-36(2,3)29-19-17-27(18-20-29)30-15-11-12-16-31(30)33(42)39-25-26-21-23-38(7,24-22-26)35(44)40-32(28-13-9-8-10-14-28)34(43)41-37(4,5)6/h8-21,32H,22-25H2,1-7H3,(H,39,42)(H,40,44)(H,41,43)/t32-,38?/m0/s1. The van der Waals surface area contributed by atoms with Gasteiger partial charge in [-0.15, -0.1) is 0 Å². The van der Waals surface area contributed by atoms with E-state index in [2.05, 4.69) is 67.1 Å². The van der Waals surface area contributed by atoms with Crippen molar-refractivity contribution in [3.8, 4) is 11.1 Å². The Kier molecular flexibility index (Phi) is 9.82. The predicted octanol–water partition coefficient (Wildman–Crippen LogP) is 7.27. The fourth-order valence-corrected chi connectivity index (χ4v) is 5.44. The SMILES string of the molecule is CC(C)(C)NC(=O)[C@@H](NC(=O)C1(C)CC=C(CNC(=O)c2ccccc2-c2ccc(C(C)(C)C)cc2)CC1)c1ccccc1. The number of rotatable bonds is 8. The number of allylic oxidation sites excluding steroid dienone is 1. The zero-order valence-corrected chi connectivity index (χ0v) is 27.2. The van der Waals surface area contributed by atoms with Gasteiger partial charge in [-0.25, -0.2) is 0 Å². The molecule has 44 heavy (non-hydrogen) atoms. The van der Waals surface area contributed by atoms with Crippen LogP contribution in [0.1, 0.15) is 95.3 Å². The van der Waals surface area contributed by atoms with Crippen molar-refractivity contribution in [3.05, 3.63) is 107 Å². The van der Waals surface area contributed by atoms with E-state index in [1.54, 1.807) is 0 Å². The minimum Gasteiger partial charge on any atom is -0.349 e. The molecule has 6 nitrogen and oxygen atoms in total. The normalized spacial score (nSPS) is 17.7. The maximum absolute atomic E-state index is 13.6. The molecule has 0 spiro atoms. The average molecular weight is 594 g/mol. The number of hydrogen-bond acceptors (Lipinski definition) is 3. The van der Waals surface area contributed by atoms with Gasteiger partial charge in [0, 0.05) is 17.6 Å². The number of nitrogens with one attached hydrogen (secondary N) is 3. The number of amides is 3. The third-order valence-corrected chi connectivity index (χ3v) is 8.27. The van der Waals surface area contributed by atoms with Crippen molar-refractivity contribution in [1.82, 2.24) is 16.0 Å². The lowest BCUT2D eigenvalue weighted by Crippen LogP contribution is -2.50. The molecule has 0 radical (unpaired) electrons. The van der Waals surface area contributed by atoms with Gasteiger partial charge < -0.3 is 16.0 Å². The van der Waals surface area contributed by atoms with Crippen LogP contribution in [-0.2, 0) is 15.0 Å². The van der Waals surface area contributed by atoms with Crippen LogP contribution in [0.5, 0.6) is 0 Å². The van der Waals surface area contributed by atoms with E-state index in [9.17, 15) is 14.4 Å². The van der Waals surface area contributed by atoms with Crippen LogP contribution in [0.2, 0.25) is 0 Å². The second kappa shape index (κ2) is 13.2. The van der Waals surface area contributed by atoms with Crippen LogP contribution in [0.3, 0.4) is 0 Å². The van der Waals surface area contributed by atoms with E-state index in [1.165, 1.54) is 5.56 Å². The minimum absolute atomic E-state index is 0.0599. The first-order valence-electron chi connectivity index (χ1n) is 15.5. The van der Waals surface area contributed by atoms with E-state index in [-0.39, 0.29) is 23.1 Å². The van der Waals surface area contributed by atoms with E-state index < -0.39 is 17.0 Å². The van der Waals surface area contributed by atoms with Crippen LogP contribution >= 0.6 is 0 Å². The van der Waals surface area contributed by atoms with Crippen molar-refractivity contribution in [3.63, 3.8) is 0 Å². The van der Waals surface area contributed by atoms with Gasteiger partial charge in [0.1, 0.15) is 6.04 Å². The van der Waals surface area contributed by atoms with E-state index in [1.807, 2.05) is 82.3 Å². The maximum Gasteiger partial charge on any atom is 0.252 e. The Labute approximate surface area is 262 Å². The van der Waals surface area contributed by atoms with Crippen LogP contribution in [0.15, 0.2) is 90.5 Å². The molecule has 4 rings (SSSR count). The predicted molar refractivity (Wildman–Crippen MR) is 178 cm³/mol. The smallest absolute Gasteiger partial charge is 0.252 e. The van der Waals surface area contributed by atoms with Gasteiger partial charge in [-0.05, 0) is 73.8 Å². The molecule has 3 N–H and O–H groups in total. The van der Waals surface area contributed by atoms with Crippen molar-refractivity contribution in [1.29, 1.82) is 0 Å². The highest BCUT2D eigenvalue weighted by Crippen LogP contribution is 2.36. The van der Waals surface area contributed by atoms with Crippen LogP contribution in [0, 0.1) is 5.41 Å². The largest absolute Gasteiger partial charge is 0.349 e. The molecule has 0 aliphatic heterocycles. The van der Waals surface area contributed by atoms with Gasteiger partial charge in [0.25, 0.3) is 5.91 Å². The molecule has 0 aromatic heterocycles. The van der Waals surface area contributed by atoms with Crippen molar-refractivity contribution < 1.29 is 14.4 Å². The first kappa shape index (κ1) is 32.7. The summed E-state index contributed by atoms with van der Waals surface area (Å²) in [7, 11) is 0. The summed E-state index contributed by atoms with van der Waals surface area (Å²) in [5, 5.41) is 9.14. The van der Waals surface area contributed by atoms with Gasteiger partial charge in [-0.2, -0.15) is 0 Å². The molecule has 232 valence electrons. The Hall–Kier alpha value is -4.19. The fourth-order valence-electron chi connectivity index (χ4n) is 5.44. The van der Waals surface area contributed by atoms with E-state index in [0.717, 1.165) is 22.3 Å². The molecule has 3 aromatic rings. The zero-order chi connectivity index (χ0) is 32.1. The summed E-state index contributed by atoms with van der Waals surface area (Å²) in [5.41, 5.74) is 4.60. The maximum atomic E-state index is 13.6. The Bertz CT molecular complexity index is 1510. The summed E-state index contributed by atoms with van der Waals surface area (Å²) in [6.07, 6.45) is 3.90. The first-order valence-corrected chi connectivity index (χ1v) is 15.5. The molecular weight excluding hydrogens is 546 g/mol. The summed E-state index contributed by atoms with van der Waals surface area (Å²) in [6, 6.07) is 24.7. The van der Waals surface area contributed by atoms with Crippen molar-refractivity contribution in [2.75, 3.05) is 6.54 Å². The number of hydrogen-bond donors (Lipinski definition) is 3. The van der Waals surface area contributed by atoms with Crippen LogP contribution < -0.4 is 16.0 Å². The minimum atomic E-state index is -0.783. The highest BCUT2D eigenvalue weighted by atomic mass is 16.2. The summed E-state index contributed by atoms with van der Waals surface area (Å²) in [4.78, 5) is 40.1. The molecule has 0 heterocycles. The fraction of sp³-hybridized carbons (Fsp3) is 0.395. The summed E-state index contributed by atoms with van der Waals surface area (Å²) >= 11 is 0. The van der Waals surface area contributed by atoms with Gasteiger partial charge in [0.15, 0.2) is 0 Å². The summed E-state index contributed by atoms with van der Waals surface area (Å²) in [5.74, 6) is -0.509. The van der Waals surface area contributed by atoms with Crippen molar-refractivity contribution >= 4 is 17.7 Å². The molecule has 2 atom stereocenters. The van der Waals surface area contributed by atoms with Gasteiger partial charge in [0.2, 0.25) is 11.8 Å². The van der Waals surface area contributed by atoms with Crippen molar-refractivity contribution in [2.45, 2.75) is 84.7 Å². The van der Waals surface area contributed by atoms with E-state index in [0.29, 0.717) is 31.4 Å². The molecule has 6 heteroatoms. The molecule has 3 amide bonds. The molecule has 1 unspecified atom stereocenters. The highest BCUT2D eigenvalue weighted by molar-refractivity contribution is 6.01. The molecule has 0 fully saturated rings. The average Bonchev–Trinajstić information content (AvgIpc) is 2.98. The summed E-state index contributed by atoms with van der Waals surface area (Å²) < 4.78 is 0. The molecule has 0 saturated heterocycles. The Balaban J connectivity index is 1.40. The molecule has 1 aliphatic carbocycles. The first-order chi connectivity index (χ1) is 20.7. The van der Waals surface area contributed by atoms with Crippen LogP contribution in [0.4, 0.5) is 0 Å².